The molecular weight excluding hydrogens is 572 g/mol. The number of hydrogen-bond donors (Lipinski definition) is 0. The molecule has 3 heteroatoms. The molecule has 2 aliphatic carbocycles. The maximum atomic E-state index is 7.10. The van der Waals surface area contributed by atoms with Crippen LogP contribution in [0.25, 0.3) is 22.3 Å². The molecule has 0 radical (unpaired) electrons. The first-order valence-corrected chi connectivity index (χ1v) is 16.4. The molecule has 0 aliphatic heterocycles. The molecule has 0 saturated heterocycles. The van der Waals surface area contributed by atoms with Crippen LogP contribution in [0.5, 0.6) is 0 Å². The maximum Gasteiger partial charge on any atom is 0.210 e. The number of hydrogen-bond acceptors (Lipinski definition) is 3. The fourth-order valence-electron chi connectivity index (χ4n) is 7.45. The van der Waals surface area contributed by atoms with Crippen molar-refractivity contribution < 1.29 is 4.42 Å². The van der Waals surface area contributed by atoms with Gasteiger partial charge in [0.15, 0.2) is 0 Å². The molecule has 1 heterocycles. The number of furan rings is 1. The zero-order valence-corrected chi connectivity index (χ0v) is 26.6. The summed E-state index contributed by atoms with van der Waals surface area (Å²) in [6.07, 6.45) is 1.88. The highest BCUT2D eigenvalue weighted by Crippen LogP contribution is 2.49. The first-order valence-electron chi connectivity index (χ1n) is 16.4. The van der Waals surface area contributed by atoms with Crippen LogP contribution in [-0.2, 0) is 12.8 Å². The van der Waals surface area contributed by atoms with Crippen molar-refractivity contribution in [2.24, 2.45) is 0 Å². The predicted molar refractivity (Wildman–Crippen MR) is 194 cm³/mol. The van der Waals surface area contributed by atoms with E-state index >= 15 is 0 Å². The summed E-state index contributed by atoms with van der Waals surface area (Å²) in [6.45, 7) is 4.36. The zero-order valence-electron chi connectivity index (χ0n) is 26.6. The Labute approximate surface area is 276 Å². The third kappa shape index (κ3) is 4.50. The Kier molecular flexibility index (Phi) is 6.39. The van der Waals surface area contributed by atoms with Crippen LogP contribution >= 0.6 is 0 Å². The third-order valence-electron chi connectivity index (χ3n) is 9.90. The fourth-order valence-corrected chi connectivity index (χ4v) is 7.45. The molecule has 1 aromatic heterocycles. The van der Waals surface area contributed by atoms with E-state index in [4.69, 9.17) is 4.42 Å². The number of rotatable bonds is 6. The lowest BCUT2D eigenvalue weighted by Gasteiger charge is -2.26. The molecule has 0 bridgehead atoms. The molecule has 0 atom stereocenters. The smallest absolute Gasteiger partial charge is 0.210 e. The van der Waals surface area contributed by atoms with E-state index in [-0.39, 0.29) is 0 Å². The van der Waals surface area contributed by atoms with E-state index in [9.17, 15) is 0 Å². The van der Waals surface area contributed by atoms with Crippen LogP contribution in [0.3, 0.4) is 0 Å². The SMILES string of the molecule is Cc1c(N(c2ccccc2)c2ccc3c(c2)Cc2ccccc2-3)oc(N(c2ccccc2)c2ccc3c(c2)Cc2ccccc2-3)c1C. The maximum absolute atomic E-state index is 7.10. The van der Waals surface area contributed by atoms with Gasteiger partial charge < -0.3 is 4.42 Å². The van der Waals surface area contributed by atoms with Gasteiger partial charge in [0, 0.05) is 33.9 Å². The summed E-state index contributed by atoms with van der Waals surface area (Å²) < 4.78 is 7.10. The highest BCUT2D eigenvalue weighted by atomic mass is 16.4. The standard InChI is InChI=1S/C44H34N2O/c1-29-30(2)44(46(36-17-7-4-8-18-36)38-22-24-42-34(28-38)26-32-14-10-12-20-40(32)42)47-43(29)45(35-15-5-3-6-16-35)37-21-23-41-33(27-37)25-31-13-9-11-19-39(31)41/h3-24,27-28H,25-26H2,1-2H3. The highest BCUT2D eigenvalue weighted by Gasteiger charge is 2.29. The van der Waals surface area contributed by atoms with Crippen LogP contribution in [0.4, 0.5) is 34.5 Å². The van der Waals surface area contributed by atoms with Gasteiger partial charge in [0.25, 0.3) is 0 Å². The zero-order chi connectivity index (χ0) is 31.5. The normalized spacial score (nSPS) is 12.3. The second kappa shape index (κ2) is 10.9. The molecule has 0 spiro atoms. The van der Waals surface area contributed by atoms with E-state index in [2.05, 4.69) is 169 Å². The van der Waals surface area contributed by atoms with E-state index in [0.29, 0.717) is 0 Å². The van der Waals surface area contributed by atoms with E-state index in [1.54, 1.807) is 0 Å². The van der Waals surface area contributed by atoms with Crippen molar-refractivity contribution in [3.8, 4) is 22.3 Å². The molecule has 0 N–H and O–H groups in total. The summed E-state index contributed by atoms with van der Waals surface area (Å²) >= 11 is 0. The molecule has 7 aromatic rings. The summed E-state index contributed by atoms with van der Waals surface area (Å²) in [5.74, 6) is 1.65. The molecule has 226 valence electrons. The lowest BCUT2D eigenvalue weighted by atomic mass is 10.0. The Balaban J connectivity index is 1.19. The Morgan fingerprint density at radius 3 is 1.21 bits per heavy atom. The number of anilines is 6. The Hall–Kier alpha value is -5.80. The molecule has 2 aliphatic rings. The van der Waals surface area contributed by atoms with Gasteiger partial charge in [-0.3, -0.25) is 9.80 Å². The number of fused-ring (bicyclic) bond motifs is 6. The summed E-state index contributed by atoms with van der Waals surface area (Å²) in [6, 6.07) is 52.3. The minimum Gasteiger partial charge on any atom is -0.423 e. The molecule has 0 fully saturated rings. The molecule has 47 heavy (non-hydrogen) atoms. The molecular formula is C44H34N2O. The third-order valence-corrected chi connectivity index (χ3v) is 9.90. The van der Waals surface area contributed by atoms with Crippen molar-refractivity contribution in [2.45, 2.75) is 26.7 Å². The minimum absolute atomic E-state index is 0.827. The second-order valence-electron chi connectivity index (χ2n) is 12.7. The van der Waals surface area contributed by atoms with Crippen molar-refractivity contribution in [1.29, 1.82) is 0 Å². The lowest BCUT2D eigenvalue weighted by molar-refractivity contribution is 0.577. The Bertz CT molecular complexity index is 2120. The molecule has 0 amide bonds. The predicted octanol–water partition coefficient (Wildman–Crippen LogP) is 12.0. The summed E-state index contributed by atoms with van der Waals surface area (Å²) in [5.41, 5.74) is 17.3. The van der Waals surface area contributed by atoms with Gasteiger partial charge in [0.05, 0.1) is 0 Å². The first kappa shape index (κ1) is 27.5. The van der Waals surface area contributed by atoms with Crippen LogP contribution in [0, 0.1) is 13.8 Å². The summed E-state index contributed by atoms with van der Waals surface area (Å²) in [5, 5.41) is 0. The van der Waals surface area contributed by atoms with Gasteiger partial charge in [-0.1, -0.05) is 97.1 Å². The van der Waals surface area contributed by atoms with E-state index < -0.39 is 0 Å². The van der Waals surface area contributed by atoms with E-state index in [1.807, 2.05) is 0 Å². The van der Waals surface area contributed by atoms with Gasteiger partial charge in [-0.15, -0.1) is 0 Å². The van der Waals surface area contributed by atoms with Gasteiger partial charge in [0.1, 0.15) is 0 Å². The minimum atomic E-state index is 0.827. The topological polar surface area (TPSA) is 19.6 Å². The largest absolute Gasteiger partial charge is 0.423 e. The van der Waals surface area contributed by atoms with Crippen LogP contribution in [0.15, 0.2) is 150 Å². The second-order valence-corrected chi connectivity index (χ2v) is 12.7. The molecule has 6 aromatic carbocycles. The number of benzene rings is 6. The molecule has 0 unspecified atom stereocenters. The van der Waals surface area contributed by atoms with Crippen LogP contribution < -0.4 is 9.80 Å². The van der Waals surface area contributed by atoms with Gasteiger partial charge >= 0.3 is 0 Å². The Morgan fingerprint density at radius 2 is 0.766 bits per heavy atom. The van der Waals surface area contributed by atoms with Crippen molar-refractivity contribution >= 4 is 34.5 Å². The average Bonchev–Trinajstić information content (AvgIpc) is 3.77. The summed E-state index contributed by atoms with van der Waals surface area (Å²) in [4.78, 5) is 4.55. The van der Waals surface area contributed by atoms with Crippen molar-refractivity contribution in [2.75, 3.05) is 9.80 Å². The number of para-hydroxylation sites is 2. The van der Waals surface area contributed by atoms with E-state index in [0.717, 1.165) is 58.5 Å². The quantitative estimate of drug-likeness (QED) is 0.188. The summed E-state index contributed by atoms with van der Waals surface area (Å²) in [7, 11) is 0. The number of nitrogens with zero attached hydrogens (tertiary/aromatic N) is 2. The highest BCUT2D eigenvalue weighted by molar-refractivity contribution is 5.86. The fraction of sp³-hybridized carbons (Fsp3) is 0.0909. The van der Waals surface area contributed by atoms with Gasteiger partial charge in [0.2, 0.25) is 11.8 Å². The van der Waals surface area contributed by atoms with Gasteiger partial charge in [-0.2, -0.15) is 0 Å². The van der Waals surface area contributed by atoms with Crippen LogP contribution in [0.2, 0.25) is 0 Å². The molecule has 3 nitrogen and oxygen atoms in total. The molecule has 0 saturated carbocycles. The van der Waals surface area contributed by atoms with Gasteiger partial charge in [-0.25, -0.2) is 0 Å². The van der Waals surface area contributed by atoms with Gasteiger partial charge in [-0.05, 0) is 120 Å². The Morgan fingerprint density at radius 1 is 0.383 bits per heavy atom. The van der Waals surface area contributed by atoms with Crippen molar-refractivity contribution in [3.63, 3.8) is 0 Å². The molecule has 9 rings (SSSR count). The van der Waals surface area contributed by atoms with Crippen molar-refractivity contribution in [3.05, 3.63) is 179 Å². The van der Waals surface area contributed by atoms with Crippen molar-refractivity contribution in [1.82, 2.24) is 0 Å². The van der Waals surface area contributed by atoms with E-state index in [1.165, 1.54) is 44.5 Å². The lowest BCUT2D eigenvalue weighted by Crippen LogP contribution is -2.11. The van der Waals surface area contributed by atoms with Crippen LogP contribution in [-0.4, -0.2) is 0 Å². The monoisotopic (exact) mass is 606 g/mol. The average molecular weight is 607 g/mol. The first-order chi connectivity index (χ1) is 23.1. The van der Waals surface area contributed by atoms with Crippen LogP contribution in [0.1, 0.15) is 33.4 Å².